The first kappa shape index (κ1) is 16.4. The van der Waals surface area contributed by atoms with E-state index in [2.05, 4.69) is 5.32 Å². The third kappa shape index (κ3) is 6.64. The Morgan fingerprint density at radius 2 is 1.88 bits per heavy atom. The molecule has 0 radical (unpaired) electrons. The molecule has 0 aromatic carbocycles. The van der Waals surface area contributed by atoms with E-state index >= 15 is 0 Å². The molecule has 3 N–H and O–H groups in total. The molecular weight excluding hydrogens is 240 g/mol. The number of nitrogens with one attached hydrogen (secondary N) is 1. The fourth-order valence-corrected chi connectivity index (χ4v) is 1.33. The molecule has 0 fully saturated rings. The van der Waals surface area contributed by atoms with Crippen LogP contribution in [0.2, 0.25) is 0 Å². The van der Waals surface area contributed by atoms with Crippen LogP contribution < -0.4 is 11.1 Å². The monoisotopic (exact) mass is 262 g/mol. The number of rotatable bonds is 7. The van der Waals surface area contributed by atoms with Crippen molar-refractivity contribution in [2.24, 2.45) is 11.1 Å². The molecular formula is C12H23ClN2O2. The third-order valence-electron chi connectivity index (χ3n) is 2.69. The summed E-state index contributed by atoms with van der Waals surface area (Å²) in [5, 5.41) is 2.62. The molecule has 0 spiro atoms. The molecule has 0 bridgehead atoms. The second-order valence-corrected chi connectivity index (χ2v) is 6.58. The largest absolute Gasteiger partial charge is 0.345 e. The van der Waals surface area contributed by atoms with E-state index in [9.17, 15) is 9.59 Å². The van der Waals surface area contributed by atoms with Gasteiger partial charge in [-0.05, 0) is 26.7 Å². The Hall–Kier alpha value is -0.610. The van der Waals surface area contributed by atoms with E-state index in [4.69, 9.17) is 17.3 Å². The number of carbonyl (C=O) groups is 2. The molecule has 0 aliphatic heterocycles. The summed E-state index contributed by atoms with van der Waals surface area (Å²) in [5.41, 5.74) is 4.80. The zero-order valence-corrected chi connectivity index (χ0v) is 11.8. The van der Waals surface area contributed by atoms with Crippen molar-refractivity contribution in [1.29, 1.82) is 0 Å². The van der Waals surface area contributed by atoms with Crippen LogP contribution in [0, 0.1) is 5.41 Å². The smallest absolute Gasteiger partial charge is 0.226 e. The van der Waals surface area contributed by atoms with Crippen molar-refractivity contribution in [2.45, 2.75) is 51.5 Å². The van der Waals surface area contributed by atoms with E-state index < -0.39 is 11.5 Å². The first-order valence-corrected chi connectivity index (χ1v) is 6.15. The van der Waals surface area contributed by atoms with Crippen LogP contribution in [0.3, 0.4) is 0 Å². The van der Waals surface area contributed by atoms with E-state index in [-0.39, 0.29) is 17.3 Å². The van der Waals surface area contributed by atoms with Gasteiger partial charge in [-0.1, -0.05) is 13.8 Å². The van der Waals surface area contributed by atoms with E-state index in [1.54, 1.807) is 0 Å². The zero-order valence-electron chi connectivity index (χ0n) is 11.0. The minimum atomic E-state index is -0.606. The van der Waals surface area contributed by atoms with Crippen molar-refractivity contribution in [2.75, 3.05) is 6.54 Å². The second-order valence-electron chi connectivity index (χ2n) is 5.55. The molecule has 100 valence electrons. The summed E-state index contributed by atoms with van der Waals surface area (Å²) in [5.74, 6) is -0.166. The minimum absolute atomic E-state index is 0.117. The Morgan fingerprint density at radius 1 is 1.35 bits per heavy atom. The lowest BCUT2D eigenvalue weighted by molar-refractivity contribution is -0.131. The summed E-state index contributed by atoms with van der Waals surface area (Å²) in [6, 6.07) is -0.606. The molecule has 1 unspecified atom stereocenters. The second kappa shape index (κ2) is 6.36. The van der Waals surface area contributed by atoms with E-state index in [1.165, 1.54) is 0 Å². The molecule has 0 saturated carbocycles. The van der Waals surface area contributed by atoms with Crippen LogP contribution in [0.1, 0.15) is 40.5 Å². The molecule has 0 aromatic heterocycles. The lowest BCUT2D eigenvalue weighted by Gasteiger charge is -2.27. The van der Waals surface area contributed by atoms with Crippen molar-refractivity contribution in [3.05, 3.63) is 0 Å². The minimum Gasteiger partial charge on any atom is -0.345 e. The SMILES string of the molecule is CC(C)(Cl)CCC(C)(C)C(=O)NC(C=O)CN. The van der Waals surface area contributed by atoms with Gasteiger partial charge < -0.3 is 15.8 Å². The third-order valence-corrected chi connectivity index (χ3v) is 2.88. The number of alkyl halides is 1. The summed E-state index contributed by atoms with van der Waals surface area (Å²) in [7, 11) is 0. The van der Waals surface area contributed by atoms with Gasteiger partial charge in [-0.2, -0.15) is 0 Å². The Labute approximate surface area is 108 Å². The highest BCUT2D eigenvalue weighted by molar-refractivity contribution is 6.23. The molecule has 4 nitrogen and oxygen atoms in total. The first-order chi connectivity index (χ1) is 7.62. The van der Waals surface area contributed by atoms with Crippen molar-refractivity contribution in [1.82, 2.24) is 5.32 Å². The summed E-state index contributed by atoms with van der Waals surface area (Å²) >= 11 is 6.10. The van der Waals surface area contributed by atoms with Gasteiger partial charge in [0.05, 0.1) is 6.04 Å². The van der Waals surface area contributed by atoms with E-state index in [1.807, 2.05) is 27.7 Å². The first-order valence-electron chi connectivity index (χ1n) is 5.77. The summed E-state index contributed by atoms with van der Waals surface area (Å²) in [4.78, 5) is 22.2. The van der Waals surface area contributed by atoms with Crippen LogP contribution in [0.4, 0.5) is 0 Å². The van der Waals surface area contributed by atoms with Gasteiger partial charge in [-0.25, -0.2) is 0 Å². The van der Waals surface area contributed by atoms with Gasteiger partial charge in [-0.15, -0.1) is 11.6 Å². The van der Waals surface area contributed by atoms with Crippen LogP contribution in [0.5, 0.6) is 0 Å². The topological polar surface area (TPSA) is 72.2 Å². The average molecular weight is 263 g/mol. The fraction of sp³-hybridized carbons (Fsp3) is 0.833. The maximum absolute atomic E-state index is 11.9. The van der Waals surface area contributed by atoms with Gasteiger partial charge in [0.2, 0.25) is 5.91 Å². The Bertz CT molecular complexity index is 272. The van der Waals surface area contributed by atoms with E-state index in [0.717, 1.165) is 6.42 Å². The van der Waals surface area contributed by atoms with Crippen LogP contribution in [0.15, 0.2) is 0 Å². The lowest BCUT2D eigenvalue weighted by atomic mass is 9.84. The molecule has 1 atom stereocenters. The highest BCUT2D eigenvalue weighted by Gasteiger charge is 2.30. The molecule has 17 heavy (non-hydrogen) atoms. The lowest BCUT2D eigenvalue weighted by Crippen LogP contribution is -2.47. The molecule has 0 aromatic rings. The number of halogens is 1. The van der Waals surface area contributed by atoms with Crippen molar-refractivity contribution >= 4 is 23.8 Å². The highest BCUT2D eigenvalue weighted by atomic mass is 35.5. The van der Waals surface area contributed by atoms with Crippen LogP contribution >= 0.6 is 11.6 Å². The Morgan fingerprint density at radius 3 is 2.24 bits per heavy atom. The zero-order chi connectivity index (χ0) is 13.7. The number of nitrogens with two attached hydrogens (primary N) is 1. The number of hydrogen-bond acceptors (Lipinski definition) is 3. The summed E-state index contributed by atoms with van der Waals surface area (Å²) in [6.45, 7) is 7.62. The van der Waals surface area contributed by atoms with Crippen molar-refractivity contribution in [3.8, 4) is 0 Å². The highest BCUT2D eigenvalue weighted by Crippen LogP contribution is 2.29. The number of hydrogen-bond donors (Lipinski definition) is 2. The van der Waals surface area contributed by atoms with Gasteiger partial charge in [0.1, 0.15) is 6.29 Å². The maximum atomic E-state index is 11.9. The van der Waals surface area contributed by atoms with E-state index in [0.29, 0.717) is 12.7 Å². The standard InChI is InChI=1S/C12H23ClN2O2/c1-11(2,5-6-12(3,4)13)10(17)15-9(7-14)8-16/h8-9H,5-7,14H2,1-4H3,(H,15,17). The number of carbonyl (C=O) groups excluding carboxylic acids is 2. The molecule has 0 aliphatic carbocycles. The van der Waals surface area contributed by atoms with Gasteiger partial charge >= 0.3 is 0 Å². The van der Waals surface area contributed by atoms with Crippen LogP contribution in [-0.4, -0.2) is 29.7 Å². The molecule has 0 heterocycles. The van der Waals surface area contributed by atoms with Crippen molar-refractivity contribution in [3.63, 3.8) is 0 Å². The van der Waals surface area contributed by atoms with Crippen LogP contribution in [-0.2, 0) is 9.59 Å². The molecule has 5 heteroatoms. The number of amides is 1. The average Bonchev–Trinajstić information content (AvgIpc) is 2.22. The van der Waals surface area contributed by atoms with Gasteiger partial charge in [0.15, 0.2) is 0 Å². The predicted octanol–water partition coefficient (Wildman–Crippen LogP) is 1.45. The Kier molecular flexibility index (Phi) is 6.13. The van der Waals surface area contributed by atoms with Crippen molar-refractivity contribution < 1.29 is 9.59 Å². The molecule has 0 saturated heterocycles. The number of aldehydes is 1. The van der Waals surface area contributed by atoms with Gasteiger partial charge in [0.25, 0.3) is 0 Å². The fourth-order valence-electron chi connectivity index (χ4n) is 1.24. The molecule has 1 amide bonds. The van der Waals surface area contributed by atoms with Crippen LogP contribution in [0.25, 0.3) is 0 Å². The van der Waals surface area contributed by atoms with Gasteiger partial charge in [0, 0.05) is 16.8 Å². The maximum Gasteiger partial charge on any atom is 0.226 e. The van der Waals surface area contributed by atoms with Gasteiger partial charge in [-0.3, -0.25) is 4.79 Å². The molecule has 0 aliphatic rings. The quantitative estimate of drug-likeness (QED) is 0.539. The predicted molar refractivity (Wildman–Crippen MR) is 70.0 cm³/mol. The summed E-state index contributed by atoms with van der Waals surface area (Å²) < 4.78 is 0. The molecule has 0 rings (SSSR count). The normalized spacial score (nSPS) is 14.2. The Balaban J connectivity index is 4.39. The summed E-state index contributed by atoms with van der Waals surface area (Å²) in [6.07, 6.45) is 2.04.